The molecule has 0 saturated heterocycles. The quantitative estimate of drug-likeness (QED) is 0.540. The Bertz CT molecular complexity index is 189. The molecule has 1 atom stereocenters. The molecule has 0 radical (unpaired) electrons. The maximum absolute atomic E-state index is 11.0. The molecule has 4 nitrogen and oxygen atoms in total. The first kappa shape index (κ1) is 8.04. The summed E-state index contributed by atoms with van der Waals surface area (Å²) in [5, 5.41) is 0. The van der Waals surface area contributed by atoms with Gasteiger partial charge in [0.2, 0.25) is 0 Å². The second kappa shape index (κ2) is 3.37. The molecule has 0 aromatic carbocycles. The van der Waals surface area contributed by atoms with Crippen molar-refractivity contribution >= 4 is 11.8 Å². The van der Waals surface area contributed by atoms with E-state index in [2.05, 4.69) is 9.73 Å². The van der Waals surface area contributed by atoms with Gasteiger partial charge in [-0.05, 0) is 12.8 Å². The number of carbonyl (C=O) groups excluding carboxylic acids is 1. The van der Waals surface area contributed by atoms with Crippen LogP contribution in [0.1, 0.15) is 12.8 Å². The van der Waals surface area contributed by atoms with Gasteiger partial charge < -0.3 is 10.5 Å². The van der Waals surface area contributed by atoms with Gasteiger partial charge in [0.15, 0.2) is 0 Å². The molecule has 1 aliphatic rings. The summed E-state index contributed by atoms with van der Waals surface area (Å²) in [5.74, 6) is -0.150. The normalized spacial score (nSPS) is 24.1. The largest absolute Gasteiger partial charge is 0.468 e. The van der Waals surface area contributed by atoms with Crippen molar-refractivity contribution in [2.75, 3.05) is 13.7 Å². The van der Waals surface area contributed by atoms with Crippen molar-refractivity contribution in [3.63, 3.8) is 0 Å². The summed E-state index contributed by atoms with van der Waals surface area (Å²) in [6.45, 7) is 0.735. The number of hydrogen-bond acceptors (Lipinski definition) is 4. The molecule has 0 amide bonds. The number of nitrogens with zero attached hydrogens (tertiary/aromatic N) is 1. The van der Waals surface area contributed by atoms with E-state index < -0.39 is 0 Å². The minimum atomic E-state index is -0.297. The number of ether oxygens (including phenoxy) is 1. The first-order chi connectivity index (χ1) is 5.25. The summed E-state index contributed by atoms with van der Waals surface area (Å²) >= 11 is 0. The molecule has 0 saturated carbocycles. The number of aliphatic imine (C=N–C) groups is 1. The van der Waals surface area contributed by atoms with E-state index in [1.165, 1.54) is 7.11 Å². The number of rotatable bonds is 1. The van der Waals surface area contributed by atoms with Crippen LogP contribution in [0.4, 0.5) is 0 Å². The van der Waals surface area contributed by atoms with Crippen LogP contribution in [-0.2, 0) is 9.53 Å². The molecular formula is C7H12N2O2. The molecule has 1 rings (SSSR count). The maximum atomic E-state index is 11.0. The number of amidine groups is 1. The van der Waals surface area contributed by atoms with Gasteiger partial charge in [-0.2, -0.15) is 0 Å². The highest BCUT2D eigenvalue weighted by atomic mass is 16.5. The van der Waals surface area contributed by atoms with Crippen LogP contribution in [0.15, 0.2) is 4.99 Å². The summed E-state index contributed by atoms with van der Waals surface area (Å²) in [6, 6.07) is 0. The molecule has 0 aromatic rings. The number of carbonyl (C=O) groups is 1. The van der Waals surface area contributed by atoms with E-state index in [4.69, 9.17) is 5.73 Å². The Morgan fingerprint density at radius 1 is 1.82 bits per heavy atom. The van der Waals surface area contributed by atoms with Gasteiger partial charge in [-0.25, -0.2) is 0 Å². The van der Waals surface area contributed by atoms with Crippen molar-refractivity contribution in [3.8, 4) is 0 Å². The van der Waals surface area contributed by atoms with E-state index >= 15 is 0 Å². The fourth-order valence-electron chi connectivity index (χ4n) is 1.14. The smallest absolute Gasteiger partial charge is 0.316 e. The first-order valence-corrected chi connectivity index (χ1v) is 3.63. The summed E-state index contributed by atoms with van der Waals surface area (Å²) in [5.41, 5.74) is 5.50. The molecule has 4 heteroatoms. The van der Waals surface area contributed by atoms with E-state index in [0.717, 1.165) is 19.4 Å². The third-order valence-corrected chi connectivity index (χ3v) is 1.79. The van der Waals surface area contributed by atoms with Crippen LogP contribution < -0.4 is 5.73 Å². The van der Waals surface area contributed by atoms with Crippen LogP contribution in [0.2, 0.25) is 0 Å². The van der Waals surface area contributed by atoms with Crippen molar-refractivity contribution in [1.82, 2.24) is 0 Å². The Hall–Kier alpha value is -1.06. The minimum Gasteiger partial charge on any atom is -0.468 e. The van der Waals surface area contributed by atoms with Crippen LogP contribution >= 0.6 is 0 Å². The van der Waals surface area contributed by atoms with E-state index in [9.17, 15) is 4.79 Å². The third-order valence-electron chi connectivity index (χ3n) is 1.79. The molecule has 0 spiro atoms. The Balaban J connectivity index is 2.63. The topological polar surface area (TPSA) is 64.7 Å². The van der Waals surface area contributed by atoms with E-state index in [1.54, 1.807) is 0 Å². The average molecular weight is 156 g/mol. The van der Waals surface area contributed by atoms with E-state index in [0.29, 0.717) is 5.84 Å². The maximum Gasteiger partial charge on any atom is 0.316 e. The molecule has 2 N–H and O–H groups in total. The Kier molecular flexibility index (Phi) is 2.46. The highest BCUT2D eigenvalue weighted by molar-refractivity contribution is 6.00. The lowest BCUT2D eigenvalue weighted by Gasteiger charge is -2.17. The van der Waals surface area contributed by atoms with Gasteiger partial charge in [0.05, 0.1) is 7.11 Å². The molecule has 0 aliphatic carbocycles. The molecular weight excluding hydrogens is 144 g/mol. The van der Waals surface area contributed by atoms with Gasteiger partial charge in [-0.1, -0.05) is 0 Å². The zero-order chi connectivity index (χ0) is 8.27. The van der Waals surface area contributed by atoms with Gasteiger partial charge in [0.1, 0.15) is 11.8 Å². The van der Waals surface area contributed by atoms with Crippen LogP contribution in [0, 0.1) is 5.92 Å². The van der Waals surface area contributed by atoms with Gasteiger partial charge in [-0.15, -0.1) is 0 Å². The van der Waals surface area contributed by atoms with Crippen molar-refractivity contribution < 1.29 is 9.53 Å². The lowest BCUT2D eigenvalue weighted by molar-refractivity contribution is -0.143. The lowest BCUT2D eigenvalue weighted by Crippen LogP contribution is -2.34. The Morgan fingerprint density at radius 3 is 3.09 bits per heavy atom. The van der Waals surface area contributed by atoms with Crippen molar-refractivity contribution in [3.05, 3.63) is 0 Å². The zero-order valence-corrected chi connectivity index (χ0v) is 6.54. The predicted molar refractivity (Wildman–Crippen MR) is 41.2 cm³/mol. The zero-order valence-electron chi connectivity index (χ0n) is 6.54. The third kappa shape index (κ3) is 1.69. The number of nitrogens with two attached hydrogens (primary N) is 1. The Morgan fingerprint density at radius 2 is 2.55 bits per heavy atom. The molecule has 0 fully saturated rings. The van der Waals surface area contributed by atoms with Crippen LogP contribution in [-0.4, -0.2) is 25.5 Å². The molecule has 0 unspecified atom stereocenters. The van der Waals surface area contributed by atoms with Crippen LogP contribution in [0.5, 0.6) is 0 Å². The fraction of sp³-hybridized carbons (Fsp3) is 0.714. The van der Waals surface area contributed by atoms with Crippen LogP contribution in [0.25, 0.3) is 0 Å². The van der Waals surface area contributed by atoms with Gasteiger partial charge in [0, 0.05) is 6.54 Å². The minimum absolute atomic E-state index is 0.272. The summed E-state index contributed by atoms with van der Waals surface area (Å²) in [4.78, 5) is 15.0. The van der Waals surface area contributed by atoms with Gasteiger partial charge in [-0.3, -0.25) is 9.79 Å². The molecule has 0 bridgehead atoms. The monoisotopic (exact) mass is 156 g/mol. The van der Waals surface area contributed by atoms with E-state index in [1.807, 2.05) is 0 Å². The number of methoxy groups -OCH3 is 1. The summed E-state index contributed by atoms with van der Waals surface area (Å²) < 4.78 is 4.56. The fourth-order valence-corrected chi connectivity index (χ4v) is 1.14. The van der Waals surface area contributed by atoms with Gasteiger partial charge >= 0.3 is 5.97 Å². The SMILES string of the molecule is COC(=O)[C@@H]1CCCN=C1N. The van der Waals surface area contributed by atoms with Crippen molar-refractivity contribution in [2.45, 2.75) is 12.8 Å². The summed E-state index contributed by atoms with van der Waals surface area (Å²) in [6.07, 6.45) is 1.68. The average Bonchev–Trinajstić information content (AvgIpc) is 2.04. The van der Waals surface area contributed by atoms with E-state index in [-0.39, 0.29) is 11.9 Å². The molecule has 0 aromatic heterocycles. The second-order valence-corrected chi connectivity index (χ2v) is 2.52. The highest BCUT2D eigenvalue weighted by Gasteiger charge is 2.24. The Labute approximate surface area is 65.4 Å². The highest BCUT2D eigenvalue weighted by Crippen LogP contribution is 2.13. The summed E-state index contributed by atoms with van der Waals surface area (Å²) in [7, 11) is 1.37. The second-order valence-electron chi connectivity index (χ2n) is 2.52. The standard InChI is InChI=1S/C7H12N2O2/c1-11-7(10)5-3-2-4-9-6(5)8/h5H,2-4H2,1H3,(H2,8,9)/t5-/m1/s1. The predicted octanol–water partition coefficient (Wildman–Crippen LogP) is -0.0734. The number of esters is 1. The molecule has 1 aliphatic heterocycles. The van der Waals surface area contributed by atoms with Crippen molar-refractivity contribution in [2.24, 2.45) is 16.6 Å². The van der Waals surface area contributed by atoms with Crippen LogP contribution in [0.3, 0.4) is 0 Å². The molecule has 1 heterocycles. The molecule has 62 valence electrons. The van der Waals surface area contributed by atoms with Gasteiger partial charge in [0.25, 0.3) is 0 Å². The first-order valence-electron chi connectivity index (χ1n) is 3.63. The number of hydrogen-bond donors (Lipinski definition) is 1. The van der Waals surface area contributed by atoms with Crippen molar-refractivity contribution in [1.29, 1.82) is 0 Å². The molecule has 11 heavy (non-hydrogen) atoms. The lowest BCUT2D eigenvalue weighted by atomic mass is 10.00.